The van der Waals surface area contributed by atoms with Crippen LogP contribution in [-0.4, -0.2) is 19.0 Å². The Morgan fingerprint density at radius 1 is 1.15 bits per heavy atom. The standard InChI is InChI=1S/C16H16O4/c1-18-14-5-3-2-4-12(14)8-13(17)11-6-7-15-16(9-11)20-10-19-15/h2-7,9,13,17H,8,10H2,1H3. The van der Waals surface area contributed by atoms with Crippen molar-refractivity contribution in [1.29, 1.82) is 0 Å². The van der Waals surface area contributed by atoms with Crippen LogP contribution in [-0.2, 0) is 6.42 Å². The average Bonchev–Trinajstić information content (AvgIpc) is 2.95. The third kappa shape index (κ3) is 2.42. The minimum atomic E-state index is -0.610. The Morgan fingerprint density at radius 2 is 1.95 bits per heavy atom. The van der Waals surface area contributed by atoms with Crippen molar-refractivity contribution in [3.05, 3.63) is 53.6 Å². The van der Waals surface area contributed by atoms with Gasteiger partial charge in [-0.1, -0.05) is 24.3 Å². The van der Waals surface area contributed by atoms with Crippen LogP contribution in [0.1, 0.15) is 17.2 Å². The molecule has 2 aromatic carbocycles. The molecule has 0 aromatic heterocycles. The molecule has 2 aromatic rings. The zero-order chi connectivity index (χ0) is 13.9. The smallest absolute Gasteiger partial charge is 0.231 e. The van der Waals surface area contributed by atoms with Gasteiger partial charge in [-0.05, 0) is 29.3 Å². The van der Waals surface area contributed by atoms with Crippen LogP contribution >= 0.6 is 0 Å². The van der Waals surface area contributed by atoms with Crippen LogP contribution in [0.25, 0.3) is 0 Å². The molecule has 0 amide bonds. The maximum Gasteiger partial charge on any atom is 0.231 e. The summed E-state index contributed by atoms with van der Waals surface area (Å²) >= 11 is 0. The number of rotatable bonds is 4. The summed E-state index contributed by atoms with van der Waals surface area (Å²) in [6.45, 7) is 0.237. The molecule has 1 atom stereocenters. The molecule has 104 valence electrons. The van der Waals surface area contributed by atoms with E-state index in [1.165, 1.54) is 0 Å². The SMILES string of the molecule is COc1ccccc1CC(O)c1ccc2c(c1)OCO2. The van der Waals surface area contributed by atoms with E-state index in [0.717, 1.165) is 22.6 Å². The predicted octanol–water partition coefficient (Wildman–Crippen LogP) is 2.70. The highest BCUT2D eigenvalue weighted by Crippen LogP contribution is 2.35. The molecular formula is C16H16O4. The van der Waals surface area contributed by atoms with Gasteiger partial charge in [-0.2, -0.15) is 0 Å². The van der Waals surface area contributed by atoms with Gasteiger partial charge in [0.05, 0.1) is 13.2 Å². The van der Waals surface area contributed by atoms with Gasteiger partial charge in [0.2, 0.25) is 6.79 Å². The van der Waals surface area contributed by atoms with Crippen LogP contribution in [0.2, 0.25) is 0 Å². The molecule has 0 fully saturated rings. The lowest BCUT2D eigenvalue weighted by atomic mass is 10.0. The van der Waals surface area contributed by atoms with E-state index in [4.69, 9.17) is 14.2 Å². The van der Waals surface area contributed by atoms with Crippen LogP contribution in [0.3, 0.4) is 0 Å². The van der Waals surface area contributed by atoms with Gasteiger partial charge in [-0.3, -0.25) is 0 Å². The second kappa shape index (κ2) is 5.43. The topological polar surface area (TPSA) is 47.9 Å². The lowest BCUT2D eigenvalue weighted by molar-refractivity contribution is 0.171. The Labute approximate surface area is 117 Å². The molecular weight excluding hydrogens is 256 g/mol. The molecule has 4 nitrogen and oxygen atoms in total. The van der Waals surface area contributed by atoms with Crippen molar-refractivity contribution in [2.45, 2.75) is 12.5 Å². The van der Waals surface area contributed by atoms with Gasteiger partial charge >= 0.3 is 0 Å². The maximum absolute atomic E-state index is 10.4. The molecule has 1 unspecified atom stereocenters. The predicted molar refractivity (Wildman–Crippen MR) is 74.2 cm³/mol. The second-order valence-corrected chi connectivity index (χ2v) is 4.64. The summed E-state index contributed by atoms with van der Waals surface area (Å²) in [5, 5.41) is 10.4. The summed E-state index contributed by atoms with van der Waals surface area (Å²) < 4.78 is 15.9. The second-order valence-electron chi connectivity index (χ2n) is 4.64. The summed E-state index contributed by atoms with van der Waals surface area (Å²) in [6.07, 6.45) is -0.121. The molecule has 0 aliphatic carbocycles. The van der Waals surface area contributed by atoms with E-state index in [-0.39, 0.29) is 6.79 Å². The fourth-order valence-electron chi connectivity index (χ4n) is 2.32. The van der Waals surface area contributed by atoms with E-state index in [0.29, 0.717) is 12.2 Å². The van der Waals surface area contributed by atoms with Gasteiger partial charge in [-0.15, -0.1) is 0 Å². The first-order chi connectivity index (χ1) is 9.78. The number of benzene rings is 2. The van der Waals surface area contributed by atoms with Crippen LogP contribution in [0.4, 0.5) is 0 Å². The summed E-state index contributed by atoms with van der Waals surface area (Å²) in [5.74, 6) is 2.19. The highest BCUT2D eigenvalue weighted by atomic mass is 16.7. The summed E-state index contributed by atoms with van der Waals surface area (Å²) in [7, 11) is 1.63. The van der Waals surface area contributed by atoms with Gasteiger partial charge in [0.25, 0.3) is 0 Å². The minimum Gasteiger partial charge on any atom is -0.496 e. The molecule has 1 heterocycles. The fourth-order valence-corrected chi connectivity index (χ4v) is 2.32. The molecule has 4 heteroatoms. The molecule has 0 bridgehead atoms. The molecule has 20 heavy (non-hydrogen) atoms. The quantitative estimate of drug-likeness (QED) is 0.929. The van der Waals surface area contributed by atoms with Gasteiger partial charge in [0.1, 0.15) is 5.75 Å². The number of hydrogen-bond donors (Lipinski definition) is 1. The average molecular weight is 272 g/mol. The maximum atomic E-state index is 10.4. The van der Waals surface area contributed by atoms with Crippen molar-refractivity contribution < 1.29 is 19.3 Å². The minimum absolute atomic E-state index is 0.237. The Kier molecular flexibility index (Phi) is 3.48. The zero-order valence-corrected chi connectivity index (χ0v) is 11.2. The molecule has 1 aliphatic heterocycles. The number of para-hydroxylation sites is 1. The van der Waals surface area contributed by atoms with E-state index in [9.17, 15) is 5.11 Å². The van der Waals surface area contributed by atoms with Crippen molar-refractivity contribution >= 4 is 0 Å². The Morgan fingerprint density at radius 3 is 2.80 bits per heavy atom. The highest BCUT2D eigenvalue weighted by molar-refractivity contribution is 5.45. The van der Waals surface area contributed by atoms with E-state index >= 15 is 0 Å². The summed E-state index contributed by atoms with van der Waals surface area (Å²) in [5.41, 5.74) is 1.78. The normalized spacial score (nSPS) is 14.1. The Hall–Kier alpha value is -2.20. The van der Waals surface area contributed by atoms with Crippen molar-refractivity contribution in [3.63, 3.8) is 0 Å². The zero-order valence-electron chi connectivity index (χ0n) is 11.2. The van der Waals surface area contributed by atoms with Crippen LogP contribution in [0, 0.1) is 0 Å². The number of hydrogen-bond acceptors (Lipinski definition) is 4. The van der Waals surface area contributed by atoms with Crippen molar-refractivity contribution in [2.75, 3.05) is 13.9 Å². The van der Waals surface area contributed by atoms with E-state index in [1.54, 1.807) is 7.11 Å². The molecule has 0 radical (unpaired) electrons. The van der Waals surface area contributed by atoms with Gasteiger partial charge in [0.15, 0.2) is 11.5 Å². The Balaban J connectivity index is 1.81. The van der Waals surface area contributed by atoms with E-state index < -0.39 is 6.10 Å². The molecule has 3 rings (SSSR count). The first kappa shape index (κ1) is 12.8. The monoisotopic (exact) mass is 272 g/mol. The van der Waals surface area contributed by atoms with Gasteiger partial charge in [-0.25, -0.2) is 0 Å². The molecule has 1 N–H and O–H groups in total. The third-order valence-corrected chi connectivity index (χ3v) is 3.39. The lowest BCUT2D eigenvalue weighted by Gasteiger charge is -2.14. The van der Waals surface area contributed by atoms with E-state index in [2.05, 4.69) is 0 Å². The van der Waals surface area contributed by atoms with Crippen LogP contribution < -0.4 is 14.2 Å². The third-order valence-electron chi connectivity index (χ3n) is 3.39. The molecule has 1 aliphatic rings. The summed E-state index contributed by atoms with van der Waals surface area (Å²) in [4.78, 5) is 0. The number of methoxy groups -OCH3 is 1. The molecule has 0 saturated carbocycles. The Bertz CT molecular complexity index is 609. The molecule has 0 saturated heterocycles. The van der Waals surface area contributed by atoms with Gasteiger partial charge in [0, 0.05) is 6.42 Å². The van der Waals surface area contributed by atoms with Gasteiger partial charge < -0.3 is 19.3 Å². The lowest BCUT2D eigenvalue weighted by Crippen LogP contribution is -2.03. The van der Waals surface area contributed by atoms with Crippen LogP contribution in [0.5, 0.6) is 17.2 Å². The summed E-state index contributed by atoms with van der Waals surface area (Å²) in [6, 6.07) is 13.2. The number of aliphatic hydroxyl groups excluding tert-OH is 1. The highest BCUT2D eigenvalue weighted by Gasteiger charge is 2.17. The van der Waals surface area contributed by atoms with Crippen molar-refractivity contribution in [2.24, 2.45) is 0 Å². The molecule has 0 spiro atoms. The number of fused-ring (bicyclic) bond motifs is 1. The first-order valence-electron chi connectivity index (χ1n) is 6.47. The van der Waals surface area contributed by atoms with Crippen molar-refractivity contribution in [1.82, 2.24) is 0 Å². The number of ether oxygens (including phenoxy) is 3. The largest absolute Gasteiger partial charge is 0.496 e. The van der Waals surface area contributed by atoms with Crippen molar-refractivity contribution in [3.8, 4) is 17.2 Å². The first-order valence-corrected chi connectivity index (χ1v) is 6.47. The number of aliphatic hydroxyl groups is 1. The fraction of sp³-hybridized carbons (Fsp3) is 0.250. The van der Waals surface area contributed by atoms with Crippen LogP contribution in [0.15, 0.2) is 42.5 Å². The van der Waals surface area contributed by atoms with E-state index in [1.807, 2.05) is 42.5 Å².